The standard InChI is InChI=1S/C12H18N2O2/c1-12(2,3)16-8-7-14-11(15)10-5-4-6-13-9-10/h4-6,9H,7-8H2,1-3H3,(H,14,15). The quantitative estimate of drug-likeness (QED) is 0.788. The second kappa shape index (κ2) is 5.61. The van der Waals surface area contributed by atoms with Gasteiger partial charge in [0.15, 0.2) is 0 Å². The van der Waals surface area contributed by atoms with Crippen molar-refractivity contribution in [3.63, 3.8) is 0 Å². The van der Waals surface area contributed by atoms with Crippen LogP contribution in [0.25, 0.3) is 0 Å². The van der Waals surface area contributed by atoms with Crippen molar-refractivity contribution < 1.29 is 9.53 Å². The van der Waals surface area contributed by atoms with E-state index >= 15 is 0 Å². The minimum absolute atomic E-state index is 0.120. The maximum absolute atomic E-state index is 11.6. The topological polar surface area (TPSA) is 51.2 Å². The Morgan fingerprint density at radius 3 is 2.81 bits per heavy atom. The summed E-state index contributed by atoms with van der Waals surface area (Å²) in [6.45, 7) is 6.96. The Morgan fingerprint density at radius 2 is 2.25 bits per heavy atom. The Bertz CT molecular complexity index is 331. The van der Waals surface area contributed by atoms with E-state index in [9.17, 15) is 4.79 Å². The van der Waals surface area contributed by atoms with E-state index < -0.39 is 0 Å². The largest absolute Gasteiger partial charge is 0.374 e. The summed E-state index contributed by atoms with van der Waals surface area (Å²) >= 11 is 0. The monoisotopic (exact) mass is 222 g/mol. The van der Waals surface area contributed by atoms with Gasteiger partial charge in [-0.3, -0.25) is 9.78 Å². The molecule has 1 aromatic rings. The van der Waals surface area contributed by atoms with Crippen LogP contribution in [-0.4, -0.2) is 29.6 Å². The molecule has 0 unspecified atom stereocenters. The van der Waals surface area contributed by atoms with Crippen LogP contribution >= 0.6 is 0 Å². The maximum atomic E-state index is 11.6. The third-order valence-electron chi connectivity index (χ3n) is 1.85. The molecule has 0 spiro atoms. The van der Waals surface area contributed by atoms with Crippen molar-refractivity contribution in [1.29, 1.82) is 0 Å². The molecule has 1 N–H and O–H groups in total. The lowest BCUT2D eigenvalue weighted by Gasteiger charge is -2.19. The third-order valence-corrected chi connectivity index (χ3v) is 1.85. The summed E-state index contributed by atoms with van der Waals surface area (Å²) in [5.74, 6) is -0.120. The van der Waals surface area contributed by atoms with Gasteiger partial charge in [-0.1, -0.05) is 0 Å². The van der Waals surface area contributed by atoms with Gasteiger partial charge in [0, 0.05) is 18.9 Å². The van der Waals surface area contributed by atoms with Crippen LogP contribution in [0.2, 0.25) is 0 Å². The highest BCUT2D eigenvalue weighted by Gasteiger charge is 2.10. The predicted octanol–water partition coefficient (Wildman–Crippen LogP) is 1.63. The van der Waals surface area contributed by atoms with E-state index in [2.05, 4.69) is 10.3 Å². The van der Waals surface area contributed by atoms with Gasteiger partial charge in [-0.05, 0) is 32.9 Å². The van der Waals surface area contributed by atoms with Crippen LogP contribution < -0.4 is 5.32 Å². The zero-order valence-corrected chi connectivity index (χ0v) is 9.99. The van der Waals surface area contributed by atoms with Gasteiger partial charge in [-0.15, -0.1) is 0 Å². The number of nitrogens with one attached hydrogen (secondary N) is 1. The van der Waals surface area contributed by atoms with Crippen LogP contribution in [0, 0.1) is 0 Å². The Balaban J connectivity index is 2.27. The van der Waals surface area contributed by atoms with Gasteiger partial charge in [0.1, 0.15) is 0 Å². The predicted molar refractivity (Wildman–Crippen MR) is 62.3 cm³/mol. The molecule has 4 nitrogen and oxygen atoms in total. The average Bonchev–Trinajstić information content (AvgIpc) is 2.24. The molecular formula is C12H18N2O2. The summed E-state index contributed by atoms with van der Waals surface area (Å²) in [7, 11) is 0. The first-order valence-electron chi connectivity index (χ1n) is 5.31. The second-order valence-corrected chi connectivity index (χ2v) is 4.46. The number of ether oxygens (including phenoxy) is 1. The molecule has 1 heterocycles. The fourth-order valence-electron chi connectivity index (χ4n) is 1.12. The smallest absolute Gasteiger partial charge is 0.252 e. The fraction of sp³-hybridized carbons (Fsp3) is 0.500. The first-order valence-corrected chi connectivity index (χ1v) is 5.31. The molecule has 1 rings (SSSR count). The number of carbonyl (C=O) groups is 1. The van der Waals surface area contributed by atoms with Gasteiger partial charge in [0.25, 0.3) is 5.91 Å². The molecule has 0 aliphatic heterocycles. The van der Waals surface area contributed by atoms with Gasteiger partial charge >= 0.3 is 0 Å². The van der Waals surface area contributed by atoms with Crippen LogP contribution in [-0.2, 0) is 4.74 Å². The molecule has 0 aliphatic rings. The number of hydrogen-bond donors (Lipinski definition) is 1. The molecular weight excluding hydrogens is 204 g/mol. The molecule has 1 amide bonds. The first kappa shape index (κ1) is 12.6. The highest BCUT2D eigenvalue weighted by Crippen LogP contribution is 2.05. The first-order chi connectivity index (χ1) is 7.49. The highest BCUT2D eigenvalue weighted by molar-refractivity contribution is 5.93. The van der Waals surface area contributed by atoms with E-state index in [0.29, 0.717) is 18.7 Å². The van der Waals surface area contributed by atoms with Crippen molar-refractivity contribution in [2.24, 2.45) is 0 Å². The SMILES string of the molecule is CC(C)(C)OCCNC(=O)c1cccnc1. The Morgan fingerprint density at radius 1 is 1.50 bits per heavy atom. The minimum atomic E-state index is -0.168. The zero-order valence-electron chi connectivity index (χ0n) is 9.99. The van der Waals surface area contributed by atoms with E-state index in [1.165, 1.54) is 0 Å². The van der Waals surface area contributed by atoms with E-state index in [1.807, 2.05) is 20.8 Å². The van der Waals surface area contributed by atoms with Gasteiger partial charge in [0.05, 0.1) is 17.8 Å². The highest BCUT2D eigenvalue weighted by atomic mass is 16.5. The van der Waals surface area contributed by atoms with E-state index in [4.69, 9.17) is 4.74 Å². The molecule has 0 aliphatic carbocycles. The lowest BCUT2D eigenvalue weighted by atomic mass is 10.2. The van der Waals surface area contributed by atoms with Crippen LogP contribution in [0.4, 0.5) is 0 Å². The number of aromatic nitrogens is 1. The van der Waals surface area contributed by atoms with Crippen molar-refractivity contribution in [2.75, 3.05) is 13.2 Å². The molecule has 88 valence electrons. The Kier molecular flexibility index (Phi) is 4.43. The Hall–Kier alpha value is -1.42. The van der Waals surface area contributed by atoms with Crippen molar-refractivity contribution in [3.05, 3.63) is 30.1 Å². The fourth-order valence-corrected chi connectivity index (χ4v) is 1.12. The van der Waals surface area contributed by atoms with Gasteiger partial charge in [0.2, 0.25) is 0 Å². The second-order valence-electron chi connectivity index (χ2n) is 4.46. The zero-order chi connectivity index (χ0) is 12.0. The van der Waals surface area contributed by atoms with Crippen molar-refractivity contribution in [3.8, 4) is 0 Å². The minimum Gasteiger partial charge on any atom is -0.374 e. The van der Waals surface area contributed by atoms with Crippen LogP contribution in [0.15, 0.2) is 24.5 Å². The summed E-state index contributed by atoms with van der Waals surface area (Å²) in [4.78, 5) is 15.4. The molecule has 0 saturated carbocycles. The lowest BCUT2D eigenvalue weighted by Crippen LogP contribution is -2.30. The maximum Gasteiger partial charge on any atom is 0.252 e. The summed E-state index contributed by atoms with van der Waals surface area (Å²) in [5, 5.41) is 2.77. The summed E-state index contributed by atoms with van der Waals surface area (Å²) in [6.07, 6.45) is 3.18. The number of nitrogens with zero attached hydrogens (tertiary/aromatic N) is 1. The van der Waals surface area contributed by atoms with Crippen molar-refractivity contribution in [1.82, 2.24) is 10.3 Å². The Labute approximate surface area is 96.0 Å². The van der Waals surface area contributed by atoms with Crippen LogP contribution in [0.1, 0.15) is 31.1 Å². The summed E-state index contributed by atoms with van der Waals surface area (Å²) < 4.78 is 5.49. The van der Waals surface area contributed by atoms with Crippen molar-refractivity contribution >= 4 is 5.91 Å². The van der Waals surface area contributed by atoms with Crippen LogP contribution in [0.3, 0.4) is 0 Å². The normalized spacial score (nSPS) is 11.2. The average molecular weight is 222 g/mol. The van der Waals surface area contributed by atoms with E-state index in [-0.39, 0.29) is 11.5 Å². The molecule has 0 bridgehead atoms. The number of amides is 1. The van der Waals surface area contributed by atoms with Gasteiger partial charge in [-0.2, -0.15) is 0 Å². The number of rotatable bonds is 4. The molecule has 0 atom stereocenters. The van der Waals surface area contributed by atoms with E-state index in [1.54, 1.807) is 24.5 Å². The molecule has 4 heteroatoms. The van der Waals surface area contributed by atoms with Gasteiger partial charge in [-0.25, -0.2) is 0 Å². The van der Waals surface area contributed by atoms with E-state index in [0.717, 1.165) is 0 Å². The molecule has 1 aromatic heterocycles. The third kappa shape index (κ3) is 4.89. The number of hydrogen-bond acceptors (Lipinski definition) is 3. The number of carbonyl (C=O) groups excluding carboxylic acids is 1. The van der Waals surface area contributed by atoms with Crippen molar-refractivity contribution in [2.45, 2.75) is 26.4 Å². The summed E-state index contributed by atoms with van der Waals surface area (Å²) in [6, 6.07) is 3.47. The summed E-state index contributed by atoms with van der Waals surface area (Å²) in [5.41, 5.74) is 0.400. The molecule has 0 saturated heterocycles. The molecule has 16 heavy (non-hydrogen) atoms. The molecule has 0 fully saturated rings. The van der Waals surface area contributed by atoms with Crippen LogP contribution in [0.5, 0.6) is 0 Å². The number of pyridine rings is 1. The van der Waals surface area contributed by atoms with Gasteiger partial charge < -0.3 is 10.1 Å². The molecule has 0 aromatic carbocycles. The molecule has 0 radical (unpaired) electrons. The lowest BCUT2D eigenvalue weighted by molar-refractivity contribution is -0.000654.